The second kappa shape index (κ2) is 7.17. The first kappa shape index (κ1) is 13.8. The highest BCUT2D eigenvalue weighted by molar-refractivity contribution is 6.63. The third kappa shape index (κ3) is 3.53. The summed E-state index contributed by atoms with van der Waals surface area (Å²) in [6.07, 6.45) is 1.73. The van der Waals surface area contributed by atoms with Gasteiger partial charge in [-0.05, 0) is 27.7 Å². The number of rotatable bonds is 8. The highest BCUT2D eigenvalue weighted by Gasteiger charge is 2.45. The van der Waals surface area contributed by atoms with Crippen LogP contribution in [0.5, 0.6) is 0 Å². The van der Waals surface area contributed by atoms with E-state index in [0.717, 1.165) is 0 Å². The van der Waals surface area contributed by atoms with Gasteiger partial charge >= 0.3 is 8.80 Å². The lowest BCUT2D eigenvalue weighted by molar-refractivity contribution is 0.0688. The monoisotopic (exact) mass is 217 g/mol. The van der Waals surface area contributed by atoms with E-state index in [1.54, 1.807) is 6.08 Å². The van der Waals surface area contributed by atoms with Crippen LogP contribution in [0.1, 0.15) is 20.8 Å². The van der Waals surface area contributed by atoms with E-state index in [1.807, 2.05) is 20.8 Å². The van der Waals surface area contributed by atoms with Gasteiger partial charge in [0.05, 0.1) is 0 Å². The predicted octanol–water partition coefficient (Wildman–Crippen LogP) is 2.43. The lowest BCUT2D eigenvalue weighted by Gasteiger charge is -2.31. The van der Waals surface area contributed by atoms with Crippen molar-refractivity contribution >= 4 is 8.80 Å². The van der Waals surface area contributed by atoms with Crippen LogP contribution in [0.15, 0.2) is 12.7 Å². The molecule has 0 spiro atoms. The number of hydrogen-bond donors (Lipinski definition) is 0. The smallest absolute Gasteiger partial charge is 0.373 e. The molecule has 0 amide bonds. The fraction of sp³-hybridized carbons (Fsp3) is 0.700. The summed E-state index contributed by atoms with van der Waals surface area (Å²) < 4.78 is 16.9. The normalized spacial score (nSPS) is 14.0. The molecular formula is C10H21O3Si. The van der Waals surface area contributed by atoms with Crippen LogP contribution in [0.25, 0.3) is 0 Å². The second-order valence-electron chi connectivity index (χ2n) is 2.74. The van der Waals surface area contributed by atoms with E-state index in [2.05, 4.69) is 13.5 Å². The Balaban J connectivity index is 4.61. The van der Waals surface area contributed by atoms with Gasteiger partial charge in [-0.3, -0.25) is 0 Å². The summed E-state index contributed by atoms with van der Waals surface area (Å²) in [5.74, 6) is 0. The Morgan fingerprint density at radius 2 is 1.43 bits per heavy atom. The summed E-state index contributed by atoms with van der Waals surface area (Å²) in [6.45, 7) is 15.2. The van der Waals surface area contributed by atoms with E-state index in [9.17, 15) is 0 Å². The fourth-order valence-electron chi connectivity index (χ4n) is 1.19. The summed E-state index contributed by atoms with van der Waals surface area (Å²) in [4.78, 5) is 0. The van der Waals surface area contributed by atoms with Crippen LogP contribution in [0.2, 0.25) is 5.54 Å². The number of allylic oxidation sites excluding steroid dienone is 1. The average Bonchev–Trinajstić information content (AvgIpc) is 2.17. The molecule has 0 aromatic carbocycles. The third-order valence-corrected chi connectivity index (χ3v) is 4.99. The van der Waals surface area contributed by atoms with E-state index >= 15 is 0 Å². The van der Waals surface area contributed by atoms with Crippen LogP contribution < -0.4 is 0 Å². The molecule has 3 nitrogen and oxygen atoms in total. The molecule has 0 heterocycles. The van der Waals surface area contributed by atoms with Crippen molar-refractivity contribution < 1.29 is 13.3 Å². The summed E-state index contributed by atoms with van der Waals surface area (Å²) in [7, 11) is -2.63. The molecular weight excluding hydrogens is 196 g/mol. The van der Waals surface area contributed by atoms with Gasteiger partial charge in [0.2, 0.25) is 0 Å². The van der Waals surface area contributed by atoms with E-state index in [-0.39, 0.29) is 5.54 Å². The van der Waals surface area contributed by atoms with Crippen molar-refractivity contribution in [1.29, 1.82) is 0 Å². The topological polar surface area (TPSA) is 27.7 Å². The van der Waals surface area contributed by atoms with Gasteiger partial charge in [-0.2, -0.15) is 0 Å². The quantitative estimate of drug-likeness (QED) is 0.461. The minimum Gasteiger partial charge on any atom is -0.373 e. The maximum Gasteiger partial charge on any atom is 0.508 e. The average molecular weight is 217 g/mol. The van der Waals surface area contributed by atoms with Gasteiger partial charge in [-0.1, -0.05) is 6.08 Å². The molecule has 1 unspecified atom stereocenters. The standard InChI is InChI=1S/C10H21O3Si/c1-6-10(5)14(11-7-2,12-8-3)13-9-4/h6,10H,1,5,7-9H2,2-4H3. The Morgan fingerprint density at radius 1 is 1.07 bits per heavy atom. The van der Waals surface area contributed by atoms with Crippen molar-refractivity contribution in [3.63, 3.8) is 0 Å². The Morgan fingerprint density at radius 3 is 1.64 bits per heavy atom. The van der Waals surface area contributed by atoms with Gasteiger partial charge in [0.25, 0.3) is 0 Å². The van der Waals surface area contributed by atoms with Crippen molar-refractivity contribution in [1.82, 2.24) is 0 Å². The molecule has 0 aromatic rings. The molecule has 83 valence electrons. The van der Waals surface area contributed by atoms with Gasteiger partial charge in [-0.25, -0.2) is 0 Å². The second-order valence-corrected chi connectivity index (χ2v) is 5.56. The zero-order valence-corrected chi connectivity index (χ0v) is 10.4. The van der Waals surface area contributed by atoms with Crippen molar-refractivity contribution in [2.75, 3.05) is 19.8 Å². The van der Waals surface area contributed by atoms with Crippen LogP contribution in [0.4, 0.5) is 0 Å². The molecule has 1 radical (unpaired) electrons. The summed E-state index contributed by atoms with van der Waals surface area (Å²) in [5.41, 5.74) is -0.109. The lowest BCUT2D eigenvalue weighted by atomic mass is 10.5. The Kier molecular flexibility index (Phi) is 7.09. The maximum atomic E-state index is 5.62. The van der Waals surface area contributed by atoms with Gasteiger partial charge in [-0.15, -0.1) is 6.58 Å². The van der Waals surface area contributed by atoms with Gasteiger partial charge in [0, 0.05) is 25.4 Å². The lowest BCUT2D eigenvalue weighted by Crippen LogP contribution is -2.49. The van der Waals surface area contributed by atoms with Crippen molar-refractivity contribution in [2.45, 2.75) is 26.3 Å². The molecule has 1 atom stereocenters. The molecule has 0 saturated carbocycles. The SMILES string of the molecule is [CH2]C(C=C)[Si](OCC)(OCC)OCC. The maximum absolute atomic E-state index is 5.62. The van der Waals surface area contributed by atoms with Crippen molar-refractivity contribution in [3.8, 4) is 0 Å². The fourth-order valence-corrected chi connectivity index (χ4v) is 3.58. The minimum absolute atomic E-state index is 0.109. The molecule has 0 saturated heterocycles. The van der Waals surface area contributed by atoms with Crippen LogP contribution in [0, 0.1) is 6.92 Å². The van der Waals surface area contributed by atoms with E-state index in [1.165, 1.54) is 0 Å². The molecule has 4 heteroatoms. The highest BCUT2D eigenvalue weighted by Crippen LogP contribution is 2.25. The van der Waals surface area contributed by atoms with Gasteiger partial charge < -0.3 is 13.3 Å². The first-order chi connectivity index (χ1) is 6.66. The van der Waals surface area contributed by atoms with Crippen LogP contribution >= 0.6 is 0 Å². The van der Waals surface area contributed by atoms with Crippen LogP contribution in [-0.2, 0) is 13.3 Å². The molecule has 0 aliphatic carbocycles. The first-order valence-electron chi connectivity index (χ1n) is 5.04. The zero-order chi connectivity index (χ0) is 11.0. The summed E-state index contributed by atoms with van der Waals surface area (Å²) in [6, 6.07) is 0. The Labute approximate surface area is 88.4 Å². The largest absolute Gasteiger partial charge is 0.508 e. The van der Waals surface area contributed by atoms with E-state index < -0.39 is 8.80 Å². The van der Waals surface area contributed by atoms with Crippen molar-refractivity contribution in [3.05, 3.63) is 19.6 Å². The van der Waals surface area contributed by atoms with E-state index in [4.69, 9.17) is 13.3 Å². The Hall–Kier alpha value is -0.163. The molecule has 0 aromatic heterocycles. The predicted molar refractivity (Wildman–Crippen MR) is 59.9 cm³/mol. The third-order valence-electron chi connectivity index (χ3n) is 1.78. The first-order valence-corrected chi connectivity index (χ1v) is 6.84. The van der Waals surface area contributed by atoms with Gasteiger partial charge in [0.15, 0.2) is 0 Å². The van der Waals surface area contributed by atoms with E-state index in [0.29, 0.717) is 19.8 Å². The molecule has 0 N–H and O–H groups in total. The molecule has 0 rings (SSSR count). The highest BCUT2D eigenvalue weighted by atomic mass is 28.4. The Bertz CT molecular complexity index is 144. The molecule has 0 fully saturated rings. The summed E-state index contributed by atoms with van der Waals surface area (Å²) in [5, 5.41) is 0. The molecule has 0 aliphatic rings. The minimum atomic E-state index is -2.63. The summed E-state index contributed by atoms with van der Waals surface area (Å²) >= 11 is 0. The van der Waals surface area contributed by atoms with Crippen molar-refractivity contribution in [2.24, 2.45) is 0 Å². The van der Waals surface area contributed by atoms with Gasteiger partial charge in [0.1, 0.15) is 0 Å². The molecule has 0 bridgehead atoms. The number of hydrogen-bond acceptors (Lipinski definition) is 3. The zero-order valence-electron chi connectivity index (χ0n) is 9.41. The molecule has 0 aliphatic heterocycles. The molecule has 14 heavy (non-hydrogen) atoms. The van der Waals surface area contributed by atoms with Crippen LogP contribution in [0.3, 0.4) is 0 Å². The van der Waals surface area contributed by atoms with Crippen LogP contribution in [-0.4, -0.2) is 28.6 Å².